The molecule has 0 spiro atoms. The summed E-state index contributed by atoms with van der Waals surface area (Å²) in [6.07, 6.45) is 3.32. The zero-order chi connectivity index (χ0) is 20.2. The second-order valence-electron chi connectivity index (χ2n) is 5.15. The van der Waals surface area contributed by atoms with Crippen LogP contribution >= 0.6 is 0 Å². The molecule has 146 valence electrons. The van der Waals surface area contributed by atoms with Gasteiger partial charge in [0.05, 0.1) is 11.8 Å². The van der Waals surface area contributed by atoms with Crippen LogP contribution in [0.1, 0.15) is 36.0 Å². The van der Waals surface area contributed by atoms with E-state index in [0.29, 0.717) is 31.4 Å². The van der Waals surface area contributed by atoms with Crippen LogP contribution in [0.2, 0.25) is 0 Å². The Bertz CT molecular complexity index is 703. The fraction of sp³-hybridized carbons (Fsp3) is 0.400. The molecule has 1 aromatic carbocycles. The SMILES string of the molecule is CS(=O)(=O)O.NC(N)=NCCCCCC(=O)Oc1ccc(C(=O)O)cc1. The lowest BCUT2D eigenvalue weighted by Crippen LogP contribution is -2.22. The zero-order valence-electron chi connectivity index (χ0n) is 14.3. The molecular weight excluding hydrogens is 366 g/mol. The normalized spacial score (nSPS) is 10.2. The van der Waals surface area contributed by atoms with Crippen LogP contribution in [-0.2, 0) is 14.9 Å². The Balaban J connectivity index is 0.00000110. The third-order valence-corrected chi connectivity index (χ3v) is 2.67. The standard InChI is InChI=1S/C14H19N3O4.CH4O3S/c15-14(16)17-9-3-1-2-4-12(18)21-11-7-5-10(6-8-11)13(19)20;1-5(2,3)4/h5-8H,1-4,9H2,(H,19,20)(H4,15,16,17);1H3,(H,2,3,4). The van der Waals surface area contributed by atoms with E-state index in [1.165, 1.54) is 24.3 Å². The predicted octanol–water partition coefficient (Wildman–Crippen LogP) is 0.628. The number of carboxylic acid groups (broad SMARTS) is 1. The first-order valence-electron chi connectivity index (χ1n) is 7.51. The molecule has 0 fully saturated rings. The Morgan fingerprint density at radius 1 is 1.12 bits per heavy atom. The van der Waals surface area contributed by atoms with Gasteiger partial charge in [-0.05, 0) is 37.1 Å². The van der Waals surface area contributed by atoms with E-state index in [9.17, 15) is 18.0 Å². The Labute approximate surface area is 151 Å². The second kappa shape index (κ2) is 11.8. The first kappa shape index (κ1) is 23.3. The van der Waals surface area contributed by atoms with Crippen LogP contribution < -0.4 is 16.2 Å². The summed E-state index contributed by atoms with van der Waals surface area (Å²) < 4.78 is 31.0. The summed E-state index contributed by atoms with van der Waals surface area (Å²) in [6, 6.07) is 5.69. The number of hydrogen-bond acceptors (Lipinski definition) is 6. The van der Waals surface area contributed by atoms with Gasteiger partial charge in [-0.1, -0.05) is 6.42 Å². The smallest absolute Gasteiger partial charge is 0.335 e. The number of hydrogen-bond donors (Lipinski definition) is 4. The molecule has 1 aromatic rings. The molecule has 0 saturated carbocycles. The molecule has 0 aliphatic rings. The molecular formula is C15H23N3O7S. The van der Waals surface area contributed by atoms with Crippen molar-refractivity contribution in [1.82, 2.24) is 0 Å². The first-order chi connectivity index (χ1) is 12.0. The van der Waals surface area contributed by atoms with Crippen molar-refractivity contribution < 1.29 is 32.4 Å². The quantitative estimate of drug-likeness (QED) is 0.124. The van der Waals surface area contributed by atoms with Crippen molar-refractivity contribution in [1.29, 1.82) is 0 Å². The van der Waals surface area contributed by atoms with Gasteiger partial charge in [0.25, 0.3) is 10.1 Å². The summed E-state index contributed by atoms with van der Waals surface area (Å²) in [7, 11) is -3.67. The minimum atomic E-state index is -3.67. The highest BCUT2D eigenvalue weighted by Gasteiger charge is 2.06. The number of carboxylic acids is 1. The lowest BCUT2D eigenvalue weighted by molar-refractivity contribution is -0.134. The number of carbonyl (C=O) groups excluding carboxylic acids is 1. The fourth-order valence-corrected chi connectivity index (χ4v) is 1.61. The van der Waals surface area contributed by atoms with Gasteiger partial charge in [0.15, 0.2) is 5.96 Å². The number of unbranched alkanes of at least 4 members (excludes halogenated alkanes) is 2. The minimum Gasteiger partial charge on any atom is -0.478 e. The molecule has 1 rings (SSSR count). The summed E-state index contributed by atoms with van der Waals surface area (Å²) in [5.74, 6) is -0.960. The van der Waals surface area contributed by atoms with Gasteiger partial charge in [-0.25, -0.2) is 4.79 Å². The molecule has 0 amide bonds. The second-order valence-corrected chi connectivity index (χ2v) is 6.62. The molecule has 11 heteroatoms. The molecule has 0 aromatic heterocycles. The van der Waals surface area contributed by atoms with Gasteiger partial charge in [-0.3, -0.25) is 14.3 Å². The van der Waals surface area contributed by atoms with Crippen LogP contribution in [0.3, 0.4) is 0 Å². The Hall–Kier alpha value is -2.66. The minimum absolute atomic E-state index is 0.0687. The highest BCUT2D eigenvalue weighted by atomic mass is 32.2. The number of ether oxygens (including phenoxy) is 1. The van der Waals surface area contributed by atoms with Gasteiger partial charge >= 0.3 is 11.9 Å². The third-order valence-electron chi connectivity index (χ3n) is 2.67. The maximum atomic E-state index is 11.6. The molecule has 0 aliphatic carbocycles. The van der Waals surface area contributed by atoms with E-state index in [0.717, 1.165) is 12.8 Å². The summed E-state index contributed by atoms with van der Waals surface area (Å²) >= 11 is 0. The third kappa shape index (κ3) is 14.9. The van der Waals surface area contributed by atoms with Gasteiger partial charge in [0, 0.05) is 13.0 Å². The maximum absolute atomic E-state index is 11.6. The van der Waals surface area contributed by atoms with E-state index < -0.39 is 16.1 Å². The molecule has 0 unspecified atom stereocenters. The van der Waals surface area contributed by atoms with Crippen molar-refractivity contribution in [3.05, 3.63) is 29.8 Å². The fourth-order valence-electron chi connectivity index (χ4n) is 1.61. The molecule has 0 bridgehead atoms. The predicted molar refractivity (Wildman–Crippen MR) is 95.7 cm³/mol. The first-order valence-corrected chi connectivity index (χ1v) is 9.35. The van der Waals surface area contributed by atoms with Crippen LogP contribution in [0.4, 0.5) is 0 Å². The van der Waals surface area contributed by atoms with E-state index in [1.807, 2.05) is 0 Å². The largest absolute Gasteiger partial charge is 0.478 e. The molecule has 0 radical (unpaired) electrons. The van der Waals surface area contributed by atoms with Crippen LogP contribution in [-0.4, -0.2) is 48.8 Å². The number of rotatable bonds is 8. The van der Waals surface area contributed by atoms with Crippen LogP contribution in [0.5, 0.6) is 5.75 Å². The lowest BCUT2D eigenvalue weighted by Gasteiger charge is -2.04. The molecule has 0 aliphatic heterocycles. The van der Waals surface area contributed by atoms with Gasteiger partial charge in [0.1, 0.15) is 5.75 Å². The Morgan fingerprint density at radius 3 is 2.12 bits per heavy atom. The summed E-state index contributed by atoms with van der Waals surface area (Å²) in [5, 5.41) is 8.75. The highest BCUT2D eigenvalue weighted by Crippen LogP contribution is 2.13. The van der Waals surface area contributed by atoms with Crippen molar-refractivity contribution in [3.63, 3.8) is 0 Å². The number of carbonyl (C=O) groups is 2. The number of nitrogens with zero attached hydrogens (tertiary/aromatic N) is 1. The van der Waals surface area contributed by atoms with Crippen molar-refractivity contribution in [2.45, 2.75) is 25.7 Å². The maximum Gasteiger partial charge on any atom is 0.335 e. The highest BCUT2D eigenvalue weighted by molar-refractivity contribution is 7.85. The average Bonchev–Trinajstić information content (AvgIpc) is 2.49. The van der Waals surface area contributed by atoms with Crippen molar-refractivity contribution in [3.8, 4) is 5.75 Å². The lowest BCUT2D eigenvalue weighted by atomic mass is 10.2. The summed E-state index contributed by atoms with van der Waals surface area (Å²) in [4.78, 5) is 26.1. The van der Waals surface area contributed by atoms with Crippen molar-refractivity contribution in [2.75, 3.05) is 12.8 Å². The number of guanidine groups is 1. The Kier molecular flexibility index (Phi) is 10.6. The molecule has 10 nitrogen and oxygen atoms in total. The van der Waals surface area contributed by atoms with Crippen LogP contribution in [0.15, 0.2) is 29.3 Å². The monoisotopic (exact) mass is 389 g/mol. The van der Waals surface area contributed by atoms with E-state index in [2.05, 4.69) is 4.99 Å². The van der Waals surface area contributed by atoms with E-state index in [1.54, 1.807) is 0 Å². The molecule has 26 heavy (non-hydrogen) atoms. The number of esters is 1. The van der Waals surface area contributed by atoms with E-state index in [4.69, 9.17) is 25.9 Å². The number of aliphatic imine (C=N–C) groups is 1. The van der Waals surface area contributed by atoms with E-state index in [-0.39, 0.29) is 17.5 Å². The van der Waals surface area contributed by atoms with Crippen LogP contribution in [0.25, 0.3) is 0 Å². The molecule has 0 saturated heterocycles. The van der Waals surface area contributed by atoms with Gasteiger partial charge in [-0.2, -0.15) is 8.42 Å². The zero-order valence-corrected chi connectivity index (χ0v) is 15.1. The summed E-state index contributed by atoms with van der Waals surface area (Å²) in [5.41, 5.74) is 10.5. The van der Waals surface area contributed by atoms with Gasteiger partial charge in [0.2, 0.25) is 0 Å². The van der Waals surface area contributed by atoms with Gasteiger partial charge in [-0.15, -0.1) is 0 Å². The molecule has 6 N–H and O–H groups in total. The molecule has 0 heterocycles. The number of aromatic carboxylic acids is 1. The van der Waals surface area contributed by atoms with Gasteiger partial charge < -0.3 is 21.3 Å². The van der Waals surface area contributed by atoms with Crippen LogP contribution in [0, 0.1) is 0 Å². The van der Waals surface area contributed by atoms with Crippen molar-refractivity contribution in [2.24, 2.45) is 16.5 Å². The average molecular weight is 389 g/mol. The topological polar surface area (TPSA) is 182 Å². The number of benzene rings is 1. The van der Waals surface area contributed by atoms with E-state index >= 15 is 0 Å². The number of nitrogens with two attached hydrogens (primary N) is 2. The summed E-state index contributed by atoms with van der Waals surface area (Å²) in [6.45, 7) is 0.550. The van der Waals surface area contributed by atoms with Crippen molar-refractivity contribution >= 4 is 28.0 Å². The molecule has 0 atom stereocenters. The Morgan fingerprint density at radius 2 is 1.65 bits per heavy atom.